The van der Waals surface area contributed by atoms with Crippen LogP contribution in [0.25, 0.3) is 5.57 Å². The first-order valence-corrected chi connectivity index (χ1v) is 6.88. The Morgan fingerprint density at radius 3 is 3.06 bits per heavy atom. The van der Waals surface area contributed by atoms with Gasteiger partial charge in [-0.1, -0.05) is 11.6 Å². The summed E-state index contributed by atoms with van der Waals surface area (Å²) < 4.78 is 17.9. The lowest BCUT2D eigenvalue weighted by Crippen LogP contribution is -2.32. The molecule has 1 aromatic rings. The van der Waals surface area contributed by atoms with Gasteiger partial charge >= 0.3 is 0 Å². The molecule has 0 spiro atoms. The number of allylic oxidation sites excluding steroid dienone is 2. The van der Waals surface area contributed by atoms with Crippen molar-refractivity contribution in [3.05, 3.63) is 53.0 Å². The largest absolute Gasteiger partial charge is 0.331 e. The van der Waals surface area contributed by atoms with Crippen LogP contribution in [0.3, 0.4) is 0 Å². The summed E-state index contributed by atoms with van der Waals surface area (Å²) >= 11 is 7.43. The van der Waals surface area contributed by atoms with Crippen LogP contribution in [0, 0.1) is 5.82 Å². The number of rotatable bonds is 1. The summed E-state index contributed by atoms with van der Waals surface area (Å²) in [5, 5.41) is 0.399. The van der Waals surface area contributed by atoms with E-state index < -0.39 is 0 Å². The third kappa shape index (κ3) is 2.18. The first-order chi connectivity index (χ1) is 8.74. The molecule has 0 amide bonds. The van der Waals surface area contributed by atoms with Crippen molar-refractivity contribution in [2.75, 3.05) is 12.3 Å². The summed E-state index contributed by atoms with van der Waals surface area (Å²) in [6.45, 7) is 0.917. The van der Waals surface area contributed by atoms with E-state index in [-0.39, 0.29) is 5.82 Å². The van der Waals surface area contributed by atoms with Crippen molar-refractivity contribution in [1.29, 1.82) is 0 Å². The predicted octanol–water partition coefficient (Wildman–Crippen LogP) is 3.75. The number of benzene rings is 1. The van der Waals surface area contributed by atoms with E-state index in [2.05, 4.69) is 9.30 Å². The van der Waals surface area contributed by atoms with Gasteiger partial charge in [0.15, 0.2) is 0 Å². The second kappa shape index (κ2) is 4.78. The van der Waals surface area contributed by atoms with E-state index in [1.807, 2.05) is 18.4 Å². The molecule has 0 saturated carbocycles. The third-order valence-corrected chi connectivity index (χ3v) is 3.68. The summed E-state index contributed by atoms with van der Waals surface area (Å²) in [6.07, 6.45) is 5.87. The van der Waals surface area contributed by atoms with E-state index in [0.29, 0.717) is 5.02 Å². The molecular formula is C13H10ClFN2S. The average molecular weight is 281 g/mol. The molecule has 92 valence electrons. The van der Waals surface area contributed by atoms with Gasteiger partial charge in [-0.25, -0.2) is 4.39 Å². The number of halogens is 2. The molecule has 0 aromatic heterocycles. The Kier molecular flexibility index (Phi) is 3.14. The molecule has 2 aliphatic rings. The van der Waals surface area contributed by atoms with Gasteiger partial charge in [0.25, 0.3) is 0 Å². The first kappa shape index (κ1) is 11.8. The zero-order valence-electron chi connectivity index (χ0n) is 9.44. The van der Waals surface area contributed by atoms with E-state index in [1.165, 1.54) is 24.1 Å². The standard InChI is InChI=1S/C13H10ClFN2S/c14-10-6-9(7-11(15)8-10)12-2-1-3-17-4-5-18-16-13(12)17/h1-3,6-8H,4-5H2. The van der Waals surface area contributed by atoms with Crippen molar-refractivity contribution >= 4 is 35.0 Å². The minimum absolute atomic E-state index is 0.330. The van der Waals surface area contributed by atoms with Gasteiger partial charge in [0.1, 0.15) is 11.7 Å². The SMILES string of the molecule is Fc1cc(Cl)cc(C2=CC=CN3CCSN=C23)c1. The fourth-order valence-electron chi connectivity index (χ4n) is 2.01. The van der Waals surface area contributed by atoms with Crippen molar-refractivity contribution in [2.45, 2.75) is 0 Å². The third-order valence-electron chi connectivity index (χ3n) is 2.79. The Morgan fingerprint density at radius 1 is 1.33 bits per heavy atom. The first-order valence-electron chi connectivity index (χ1n) is 5.56. The second-order valence-electron chi connectivity index (χ2n) is 4.02. The zero-order valence-corrected chi connectivity index (χ0v) is 11.0. The minimum Gasteiger partial charge on any atom is -0.331 e. The molecule has 0 bridgehead atoms. The fourth-order valence-corrected chi connectivity index (χ4v) is 2.92. The van der Waals surface area contributed by atoms with E-state index in [9.17, 15) is 4.39 Å². The smallest absolute Gasteiger partial charge is 0.148 e. The summed E-state index contributed by atoms with van der Waals surface area (Å²) in [5.74, 6) is 1.50. The van der Waals surface area contributed by atoms with Crippen LogP contribution in [0.2, 0.25) is 5.02 Å². The highest BCUT2D eigenvalue weighted by atomic mass is 35.5. The van der Waals surface area contributed by atoms with Crippen LogP contribution in [0.15, 0.2) is 40.9 Å². The lowest BCUT2D eigenvalue weighted by Gasteiger charge is -2.29. The van der Waals surface area contributed by atoms with E-state index in [0.717, 1.165) is 29.3 Å². The van der Waals surface area contributed by atoms with Gasteiger partial charge in [0, 0.05) is 29.1 Å². The quantitative estimate of drug-likeness (QED) is 0.728. The van der Waals surface area contributed by atoms with Gasteiger partial charge in [0.2, 0.25) is 0 Å². The lowest BCUT2D eigenvalue weighted by molar-refractivity contribution is 0.593. The molecule has 5 heteroatoms. The van der Waals surface area contributed by atoms with Crippen LogP contribution in [0.1, 0.15) is 5.56 Å². The molecule has 2 nitrogen and oxygen atoms in total. The lowest BCUT2D eigenvalue weighted by atomic mass is 10.0. The number of hydrogen-bond acceptors (Lipinski definition) is 3. The van der Waals surface area contributed by atoms with Crippen LogP contribution in [0.4, 0.5) is 4.39 Å². The van der Waals surface area contributed by atoms with Gasteiger partial charge in [-0.3, -0.25) is 0 Å². The van der Waals surface area contributed by atoms with Crippen molar-refractivity contribution in [3.8, 4) is 0 Å². The maximum atomic E-state index is 13.4. The zero-order chi connectivity index (χ0) is 12.5. The molecule has 0 unspecified atom stereocenters. The van der Waals surface area contributed by atoms with Crippen LogP contribution >= 0.6 is 23.5 Å². The monoisotopic (exact) mass is 280 g/mol. The highest BCUT2D eigenvalue weighted by Crippen LogP contribution is 2.29. The van der Waals surface area contributed by atoms with E-state index >= 15 is 0 Å². The summed E-state index contributed by atoms with van der Waals surface area (Å²) in [6, 6.07) is 4.55. The number of amidine groups is 1. The van der Waals surface area contributed by atoms with Gasteiger partial charge in [0.05, 0.1) is 0 Å². The fraction of sp³-hybridized carbons (Fsp3) is 0.154. The maximum absolute atomic E-state index is 13.4. The highest BCUT2D eigenvalue weighted by Gasteiger charge is 2.21. The Hall–Kier alpha value is -1.26. The highest BCUT2D eigenvalue weighted by molar-refractivity contribution is 7.98. The van der Waals surface area contributed by atoms with Crippen molar-refractivity contribution in [1.82, 2.24) is 4.90 Å². The Balaban J connectivity index is 2.07. The molecule has 2 heterocycles. The molecule has 0 atom stereocenters. The molecule has 2 aliphatic heterocycles. The molecule has 0 aliphatic carbocycles. The van der Waals surface area contributed by atoms with Crippen molar-refractivity contribution < 1.29 is 4.39 Å². The van der Waals surface area contributed by atoms with Gasteiger partial charge in [-0.2, -0.15) is 4.40 Å². The number of fused-ring (bicyclic) bond motifs is 1. The summed E-state index contributed by atoms with van der Waals surface area (Å²) in [7, 11) is 0. The second-order valence-corrected chi connectivity index (χ2v) is 5.31. The van der Waals surface area contributed by atoms with Gasteiger partial charge < -0.3 is 4.90 Å². The maximum Gasteiger partial charge on any atom is 0.148 e. The number of hydrogen-bond donors (Lipinski definition) is 0. The van der Waals surface area contributed by atoms with Crippen LogP contribution < -0.4 is 0 Å². The average Bonchev–Trinajstić information content (AvgIpc) is 2.37. The van der Waals surface area contributed by atoms with Crippen LogP contribution in [0.5, 0.6) is 0 Å². The minimum atomic E-state index is -0.330. The van der Waals surface area contributed by atoms with E-state index in [4.69, 9.17) is 11.6 Å². The van der Waals surface area contributed by atoms with Crippen molar-refractivity contribution in [2.24, 2.45) is 4.40 Å². The van der Waals surface area contributed by atoms with E-state index in [1.54, 1.807) is 6.07 Å². The van der Waals surface area contributed by atoms with Gasteiger partial charge in [-0.15, -0.1) is 0 Å². The van der Waals surface area contributed by atoms with Gasteiger partial charge in [-0.05, 0) is 47.9 Å². The molecule has 0 radical (unpaired) electrons. The summed E-state index contributed by atoms with van der Waals surface area (Å²) in [5.41, 5.74) is 1.67. The normalized spacial score (nSPS) is 18.2. The topological polar surface area (TPSA) is 15.6 Å². The van der Waals surface area contributed by atoms with Crippen molar-refractivity contribution in [3.63, 3.8) is 0 Å². The number of nitrogens with zero attached hydrogens (tertiary/aromatic N) is 2. The molecule has 0 fully saturated rings. The molecule has 1 aromatic carbocycles. The molecule has 3 rings (SSSR count). The van der Waals surface area contributed by atoms with Crippen LogP contribution in [-0.2, 0) is 0 Å². The summed E-state index contributed by atoms with van der Waals surface area (Å²) in [4.78, 5) is 2.07. The Bertz CT molecular complexity index is 560. The molecular weight excluding hydrogens is 271 g/mol. The van der Waals surface area contributed by atoms with Crippen LogP contribution in [-0.4, -0.2) is 23.0 Å². The predicted molar refractivity (Wildman–Crippen MR) is 75.1 cm³/mol. The Labute approximate surface area is 114 Å². The Morgan fingerprint density at radius 2 is 2.22 bits per heavy atom. The molecule has 0 saturated heterocycles. The molecule has 18 heavy (non-hydrogen) atoms. The molecule has 0 N–H and O–H groups in total.